The van der Waals surface area contributed by atoms with E-state index in [2.05, 4.69) is 51.1 Å². The summed E-state index contributed by atoms with van der Waals surface area (Å²) < 4.78 is 0. The monoisotopic (exact) mass is 453 g/mol. The van der Waals surface area contributed by atoms with Gasteiger partial charge in [0.05, 0.1) is 24.0 Å². The van der Waals surface area contributed by atoms with Gasteiger partial charge in [0, 0.05) is 36.7 Å². The fraction of sp³-hybridized carbons (Fsp3) is 0.360. The summed E-state index contributed by atoms with van der Waals surface area (Å²) in [5.74, 6) is 2.28. The van der Waals surface area contributed by atoms with Gasteiger partial charge < -0.3 is 11.1 Å². The first kappa shape index (κ1) is 20.9. The molecule has 9 heteroatoms. The molecule has 34 heavy (non-hydrogen) atoms. The van der Waals surface area contributed by atoms with Crippen molar-refractivity contribution in [2.45, 2.75) is 50.6 Å². The van der Waals surface area contributed by atoms with E-state index in [0.29, 0.717) is 30.7 Å². The molecule has 0 atom stereocenters. The highest BCUT2D eigenvalue weighted by Gasteiger charge is 2.29. The van der Waals surface area contributed by atoms with E-state index < -0.39 is 0 Å². The van der Waals surface area contributed by atoms with E-state index in [0.717, 1.165) is 65.4 Å². The Morgan fingerprint density at radius 1 is 1.09 bits per heavy atom. The summed E-state index contributed by atoms with van der Waals surface area (Å²) in [5.41, 5.74) is 12.3. The minimum atomic E-state index is 0.304. The SMILES string of the molecule is Cn1nnc(-c2cnc3c(c2)Cc2nc(Cc4ccccc4)nc(NC4CCC(N)CC4)c2-3)n1. The molecule has 0 radical (unpaired) electrons. The van der Waals surface area contributed by atoms with Crippen molar-refractivity contribution in [1.82, 2.24) is 35.2 Å². The number of benzene rings is 1. The second-order valence-corrected chi connectivity index (χ2v) is 9.24. The molecule has 1 saturated carbocycles. The Morgan fingerprint density at radius 3 is 2.68 bits per heavy atom. The number of hydrogen-bond donors (Lipinski definition) is 2. The van der Waals surface area contributed by atoms with Crippen LogP contribution in [0, 0.1) is 0 Å². The molecule has 6 rings (SSSR count). The molecular formula is C25H27N9. The second kappa shape index (κ2) is 8.57. The number of anilines is 1. The number of nitrogens with one attached hydrogen (secondary N) is 1. The van der Waals surface area contributed by atoms with E-state index in [9.17, 15) is 0 Å². The predicted molar refractivity (Wildman–Crippen MR) is 129 cm³/mol. The van der Waals surface area contributed by atoms with Crippen LogP contribution >= 0.6 is 0 Å². The number of nitrogens with zero attached hydrogens (tertiary/aromatic N) is 7. The Bertz CT molecular complexity index is 1320. The molecule has 3 aromatic heterocycles. The third-order valence-corrected chi connectivity index (χ3v) is 6.68. The van der Waals surface area contributed by atoms with Crippen molar-refractivity contribution in [3.05, 3.63) is 65.2 Å². The van der Waals surface area contributed by atoms with Gasteiger partial charge in [-0.25, -0.2) is 9.97 Å². The highest BCUT2D eigenvalue weighted by atomic mass is 15.6. The Morgan fingerprint density at radius 2 is 1.91 bits per heavy atom. The van der Waals surface area contributed by atoms with Crippen LogP contribution in [0.2, 0.25) is 0 Å². The Hall–Kier alpha value is -3.72. The maximum atomic E-state index is 6.14. The first-order valence-corrected chi connectivity index (χ1v) is 11.8. The molecule has 4 aromatic rings. The number of nitrogens with two attached hydrogens (primary N) is 1. The maximum Gasteiger partial charge on any atom is 0.206 e. The van der Waals surface area contributed by atoms with Crippen LogP contribution in [0.5, 0.6) is 0 Å². The summed E-state index contributed by atoms with van der Waals surface area (Å²) in [5, 5.41) is 16.1. The van der Waals surface area contributed by atoms with Gasteiger partial charge in [0.15, 0.2) is 0 Å². The molecule has 9 nitrogen and oxygen atoms in total. The largest absolute Gasteiger partial charge is 0.367 e. The molecule has 0 spiro atoms. The molecular weight excluding hydrogens is 426 g/mol. The number of tetrazole rings is 1. The van der Waals surface area contributed by atoms with Crippen molar-refractivity contribution in [2.75, 3.05) is 5.32 Å². The van der Waals surface area contributed by atoms with Crippen LogP contribution in [0.1, 0.15) is 48.3 Å². The van der Waals surface area contributed by atoms with E-state index in [1.165, 1.54) is 10.4 Å². The Labute approximate surface area is 197 Å². The first-order chi connectivity index (χ1) is 16.6. The third kappa shape index (κ3) is 4.03. The lowest BCUT2D eigenvalue weighted by atomic mass is 9.91. The molecule has 3 N–H and O–H groups in total. The smallest absolute Gasteiger partial charge is 0.206 e. The minimum absolute atomic E-state index is 0.304. The highest BCUT2D eigenvalue weighted by Crippen LogP contribution is 2.40. The molecule has 0 bridgehead atoms. The van der Waals surface area contributed by atoms with Crippen LogP contribution in [-0.2, 0) is 19.9 Å². The maximum absolute atomic E-state index is 6.14. The van der Waals surface area contributed by atoms with Crippen molar-refractivity contribution in [3.8, 4) is 22.6 Å². The fourth-order valence-corrected chi connectivity index (χ4v) is 4.93. The second-order valence-electron chi connectivity index (χ2n) is 9.24. The van der Waals surface area contributed by atoms with Gasteiger partial charge in [-0.05, 0) is 48.1 Å². The zero-order valence-corrected chi connectivity index (χ0v) is 19.1. The predicted octanol–water partition coefficient (Wildman–Crippen LogP) is 2.91. The first-order valence-electron chi connectivity index (χ1n) is 11.8. The van der Waals surface area contributed by atoms with Crippen LogP contribution in [0.3, 0.4) is 0 Å². The molecule has 3 heterocycles. The summed E-state index contributed by atoms with van der Waals surface area (Å²) in [7, 11) is 1.76. The highest BCUT2D eigenvalue weighted by molar-refractivity contribution is 5.82. The van der Waals surface area contributed by atoms with E-state index in [1.807, 2.05) is 12.3 Å². The molecule has 172 valence electrons. The standard InChI is InChI=1S/C25H27N9/c1-34-32-24(31-33-34)17-12-16-13-20-22(23(16)27-14-17)25(28-19-9-7-18(26)8-10-19)30-21(29-20)11-15-5-3-2-4-6-15/h2-6,12,14,18-19H,7-11,13,26H2,1H3,(H,28,29,30). The molecule has 2 aliphatic carbocycles. The number of aromatic nitrogens is 7. The topological polar surface area (TPSA) is 120 Å². The summed E-state index contributed by atoms with van der Waals surface area (Å²) >= 11 is 0. The van der Waals surface area contributed by atoms with Crippen LogP contribution in [0.15, 0.2) is 42.6 Å². The Kier molecular flexibility index (Phi) is 5.26. The van der Waals surface area contributed by atoms with Crippen molar-refractivity contribution >= 4 is 5.82 Å². The number of pyridine rings is 1. The third-order valence-electron chi connectivity index (χ3n) is 6.68. The van der Waals surface area contributed by atoms with Gasteiger partial charge in [0.25, 0.3) is 0 Å². The zero-order valence-electron chi connectivity index (χ0n) is 19.1. The summed E-state index contributed by atoms with van der Waals surface area (Å²) in [4.78, 5) is 16.2. The quantitative estimate of drug-likeness (QED) is 0.417. The van der Waals surface area contributed by atoms with Crippen molar-refractivity contribution in [2.24, 2.45) is 12.8 Å². The van der Waals surface area contributed by atoms with Crippen molar-refractivity contribution in [1.29, 1.82) is 0 Å². The number of rotatable bonds is 5. The van der Waals surface area contributed by atoms with E-state index in [4.69, 9.17) is 20.7 Å². The number of fused-ring (bicyclic) bond motifs is 3. The summed E-state index contributed by atoms with van der Waals surface area (Å²) in [6.45, 7) is 0. The average molecular weight is 454 g/mol. The molecule has 0 unspecified atom stereocenters. The average Bonchev–Trinajstić information content (AvgIpc) is 3.44. The fourth-order valence-electron chi connectivity index (χ4n) is 4.93. The van der Waals surface area contributed by atoms with Gasteiger partial charge in [-0.3, -0.25) is 4.98 Å². The van der Waals surface area contributed by atoms with Crippen LogP contribution < -0.4 is 11.1 Å². The minimum Gasteiger partial charge on any atom is -0.367 e. The number of aryl methyl sites for hydroxylation is 1. The number of hydrogen-bond acceptors (Lipinski definition) is 8. The van der Waals surface area contributed by atoms with Crippen LogP contribution in [0.4, 0.5) is 5.82 Å². The summed E-state index contributed by atoms with van der Waals surface area (Å²) in [6.07, 6.45) is 7.37. The lowest BCUT2D eigenvalue weighted by molar-refractivity contribution is 0.410. The van der Waals surface area contributed by atoms with Gasteiger partial charge in [0.2, 0.25) is 5.82 Å². The molecule has 0 saturated heterocycles. The molecule has 2 aliphatic rings. The van der Waals surface area contributed by atoms with E-state index in [-0.39, 0.29) is 0 Å². The van der Waals surface area contributed by atoms with Crippen LogP contribution in [0.25, 0.3) is 22.6 Å². The van der Waals surface area contributed by atoms with E-state index >= 15 is 0 Å². The molecule has 1 aromatic carbocycles. The van der Waals surface area contributed by atoms with Gasteiger partial charge in [-0.2, -0.15) is 4.80 Å². The van der Waals surface area contributed by atoms with Crippen molar-refractivity contribution in [3.63, 3.8) is 0 Å². The normalized spacial score (nSPS) is 19.0. The summed E-state index contributed by atoms with van der Waals surface area (Å²) in [6, 6.07) is 13.1. The molecule has 1 fully saturated rings. The van der Waals surface area contributed by atoms with Crippen molar-refractivity contribution < 1.29 is 0 Å². The van der Waals surface area contributed by atoms with Gasteiger partial charge >= 0.3 is 0 Å². The van der Waals surface area contributed by atoms with Crippen LogP contribution in [-0.4, -0.2) is 47.2 Å². The van der Waals surface area contributed by atoms with E-state index in [1.54, 1.807) is 7.05 Å². The lowest BCUT2D eigenvalue weighted by Gasteiger charge is -2.28. The Balaban J connectivity index is 1.37. The van der Waals surface area contributed by atoms with Gasteiger partial charge in [0.1, 0.15) is 11.6 Å². The van der Waals surface area contributed by atoms with Gasteiger partial charge in [-0.15, -0.1) is 10.2 Å². The molecule has 0 amide bonds. The zero-order chi connectivity index (χ0) is 23.1. The van der Waals surface area contributed by atoms with Gasteiger partial charge in [-0.1, -0.05) is 30.3 Å². The lowest BCUT2D eigenvalue weighted by Crippen LogP contribution is -2.33. The molecule has 0 aliphatic heterocycles.